The number of oxime groups is 1. The first kappa shape index (κ1) is 8.35. The van der Waals surface area contributed by atoms with E-state index in [0.717, 1.165) is 6.21 Å². The van der Waals surface area contributed by atoms with Gasteiger partial charge >= 0.3 is 10.5 Å². The van der Waals surface area contributed by atoms with Gasteiger partial charge in [-0.1, -0.05) is 16.0 Å². The molecule has 0 saturated heterocycles. The van der Waals surface area contributed by atoms with Gasteiger partial charge < -0.3 is 0 Å². The van der Waals surface area contributed by atoms with Crippen LogP contribution in [-0.2, 0) is 14.8 Å². The van der Waals surface area contributed by atoms with Gasteiger partial charge in [-0.05, 0) is 6.42 Å². The maximum absolute atomic E-state index is 11.3. The van der Waals surface area contributed by atoms with Crippen molar-refractivity contribution in [2.45, 2.75) is 13.3 Å². The Morgan fingerprint density at radius 2 is 2.33 bits per heavy atom. The Morgan fingerprint density at radius 3 is 2.67 bits per heavy atom. The lowest BCUT2D eigenvalue weighted by Gasteiger charge is -1.84. The molecule has 0 N–H and O–H groups in total. The first-order valence-corrected chi connectivity index (χ1v) is 3.52. The first-order valence-electron chi connectivity index (χ1n) is 2.21. The van der Waals surface area contributed by atoms with Crippen molar-refractivity contribution in [3.63, 3.8) is 0 Å². The quantitative estimate of drug-likeness (QED) is 0.341. The molecule has 4 nitrogen and oxygen atoms in total. The van der Waals surface area contributed by atoms with Crippen LogP contribution in [0.4, 0.5) is 3.89 Å². The predicted molar refractivity (Wildman–Crippen MR) is 29.9 cm³/mol. The fourth-order valence-corrected chi connectivity index (χ4v) is 0.320. The third-order valence-electron chi connectivity index (χ3n) is 0.389. The monoisotopic (exact) mass is 155 g/mol. The highest BCUT2D eigenvalue weighted by Gasteiger charge is 2.03. The Bertz CT molecular complexity index is 185. The normalized spacial score (nSPS) is 12.2. The minimum atomic E-state index is -4.89. The van der Waals surface area contributed by atoms with Crippen molar-refractivity contribution in [3.8, 4) is 0 Å². The van der Waals surface area contributed by atoms with Crippen molar-refractivity contribution in [2.24, 2.45) is 5.16 Å². The van der Waals surface area contributed by atoms with Crippen molar-refractivity contribution in [1.82, 2.24) is 0 Å². The van der Waals surface area contributed by atoms with Crippen LogP contribution < -0.4 is 0 Å². The van der Waals surface area contributed by atoms with Crippen LogP contribution in [0.15, 0.2) is 5.16 Å². The van der Waals surface area contributed by atoms with Crippen LogP contribution in [0, 0.1) is 0 Å². The lowest BCUT2D eigenvalue weighted by atomic mass is 10.6. The summed E-state index contributed by atoms with van der Waals surface area (Å²) in [6.07, 6.45) is 1.63. The highest BCUT2D eigenvalue weighted by atomic mass is 32.3. The topological polar surface area (TPSA) is 55.7 Å². The summed E-state index contributed by atoms with van der Waals surface area (Å²) in [7, 11) is -4.89. The Kier molecular flexibility index (Phi) is 3.15. The molecule has 9 heavy (non-hydrogen) atoms. The summed E-state index contributed by atoms with van der Waals surface area (Å²) in [5.41, 5.74) is 0. The second-order valence-corrected chi connectivity index (χ2v) is 2.10. The molecule has 0 radical (unpaired) electrons. The molecule has 54 valence electrons. The number of hydrogen-bond donors (Lipinski definition) is 0. The van der Waals surface area contributed by atoms with Gasteiger partial charge in [0.05, 0.1) is 0 Å². The molecule has 0 fully saturated rings. The van der Waals surface area contributed by atoms with Gasteiger partial charge in [0, 0.05) is 6.21 Å². The molecular formula is C3H6FNO3S. The predicted octanol–water partition coefficient (Wildman–Crippen LogP) is 0.613. The highest BCUT2D eigenvalue weighted by molar-refractivity contribution is 7.81. The summed E-state index contributed by atoms with van der Waals surface area (Å²) in [6, 6.07) is 0. The molecule has 0 aromatic carbocycles. The molecule has 0 atom stereocenters. The third-order valence-corrected chi connectivity index (χ3v) is 0.653. The molecule has 0 aromatic rings. The van der Waals surface area contributed by atoms with Gasteiger partial charge in [-0.2, -0.15) is 8.42 Å². The van der Waals surface area contributed by atoms with Crippen LogP contribution in [0.1, 0.15) is 13.3 Å². The molecule has 0 aliphatic heterocycles. The Morgan fingerprint density at radius 1 is 1.78 bits per heavy atom. The molecule has 0 saturated carbocycles. The summed E-state index contributed by atoms with van der Waals surface area (Å²) in [5, 5.41) is 2.77. The van der Waals surface area contributed by atoms with Crippen LogP contribution in [0.25, 0.3) is 0 Å². The van der Waals surface area contributed by atoms with E-state index in [1.807, 2.05) is 0 Å². The van der Waals surface area contributed by atoms with E-state index in [4.69, 9.17) is 0 Å². The number of halogens is 1. The molecule has 0 amide bonds. The fraction of sp³-hybridized carbons (Fsp3) is 0.667. The van der Waals surface area contributed by atoms with Crippen molar-refractivity contribution in [3.05, 3.63) is 0 Å². The second-order valence-electron chi connectivity index (χ2n) is 1.16. The number of hydrogen-bond acceptors (Lipinski definition) is 4. The third kappa shape index (κ3) is 7.35. The summed E-state index contributed by atoms with van der Waals surface area (Å²) in [6.45, 7) is 1.71. The van der Waals surface area contributed by atoms with Gasteiger partial charge in [0.2, 0.25) is 0 Å². The van der Waals surface area contributed by atoms with Crippen LogP contribution in [0.5, 0.6) is 0 Å². The maximum atomic E-state index is 11.3. The van der Waals surface area contributed by atoms with Gasteiger partial charge in [0.15, 0.2) is 0 Å². The minimum absolute atomic E-state index is 0.496. The Labute approximate surface area is 52.7 Å². The molecule has 0 bridgehead atoms. The lowest BCUT2D eigenvalue weighted by Crippen LogP contribution is -1.90. The zero-order valence-electron chi connectivity index (χ0n) is 4.74. The van der Waals surface area contributed by atoms with Crippen LogP contribution in [-0.4, -0.2) is 14.6 Å². The van der Waals surface area contributed by atoms with E-state index in [9.17, 15) is 12.3 Å². The fourth-order valence-electron chi connectivity index (χ4n) is 0.156. The van der Waals surface area contributed by atoms with Gasteiger partial charge in [0.25, 0.3) is 0 Å². The largest absolute Gasteiger partial charge is 0.509 e. The molecule has 0 spiro atoms. The van der Waals surface area contributed by atoms with Crippen molar-refractivity contribution in [1.29, 1.82) is 0 Å². The number of rotatable bonds is 3. The van der Waals surface area contributed by atoms with Crippen LogP contribution in [0.3, 0.4) is 0 Å². The lowest BCUT2D eigenvalue weighted by molar-refractivity contribution is 0.312. The molecule has 0 aromatic heterocycles. The van der Waals surface area contributed by atoms with E-state index in [2.05, 4.69) is 9.44 Å². The van der Waals surface area contributed by atoms with Crippen LogP contribution >= 0.6 is 0 Å². The highest BCUT2D eigenvalue weighted by Crippen LogP contribution is 1.92. The molecule has 6 heteroatoms. The van der Waals surface area contributed by atoms with Gasteiger partial charge in [0.1, 0.15) is 0 Å². The molecule has 0 heterocycles. The van der Waals surface area contributed by atoms with E-state index >= 15 is 0 Å². The standard InChI is InChI=1S/C3H6FNO3S/c1-2-3-5-8-9(4,6)7/h3H,2H2,1H3. The van der Waals surface area contributed by atoms with Crippen molar-refractivity contribution in [2.75, 3.05) is 0 Å². The van der Waals surface area contributed by atoms with E-state index in [-0.39, 0.29) is 0 Å². The average molecular weight is 155 g/mol. The smallest absolute Gasteiger partial charge is 0.244 e. The molecule has 0 aliphatic rings. The van der Waals surface area contributed by atoms with E-state index < -0.39 is 10.5 Å². The van der Waals surface area contributed by atoms with Gasteiger partial charge in [-0.25, -0.2) is 4.28 Å². The zero-order valence-corrected chi connectivity index (χ0v) is 5.56. The van der Waals surface area contributed by atoms with E-state index in [0.29, 0.717) is 6.42 Å². The summed E-state index contributed by atoms with van der Waals surface area (Å²) >= 11 is 0. The summed E-state index contributed by atoms with van der Waals surface area (Å²) in [4.78, 5) is 0. The zero-order chi connectivity index (χ0) is 7.33. The van der Waals surface area contributed by atoms with E-state index in [1.54, 1.807) is 6.92 Å². The molecule has 0 rings (SSSR count). The number of nitrogens with zero attached hydrogens (tertiary/aromatic N) is 1. The van der Waals surface area contributed by atoms with Crippen molar-refractivity contribution >= 4 is 16.7 Å². The summed E-state index contributed by atoms with van der Waals surface area (Å²) < 4.78 is 33.7. The molecule has 0 unspecified atom stereocenters. The van der Waals surface area contributed by atoms with Gasteiger partial charge in [-0.3, -0.25) is 0 Å². The molecule has 0 aliphatic carbocycles. The summed E-state index contributed by atoms with van der Waals surface area (Å²) in [5.74, 6) is 0. The Balaban J connectivity index is 3.65. The molecular weight excluding hydrogens is 149 g/mol. The van der Waals surface area contributed by atoms with Gasteiger partial charge in [-0.15, -0.1) is 0 Å². The average Bonchev–Trinajstić information content (AvgIpc) is 1.63. The van der Waals surface area contributed by atoms with E-state index in [1.165, 1.54) is 0 Å². The van der Waals surface area contributed by atoms with Crippen molar-refractivity contribution < 1.29 is 16.6 Å². The SMILES string of the molecule is CCC=NOS(=O)(=O)F. The minimum Gasteiger partial charge on any atom is -0.244 e. The van der Waals surface area contributed by atoms with Crippen LogP contribution in [0.2, 0.25) is 0 Å². The second kappa shape index (κ2) is 3.39. The Hall–Kier alpha value is -0.650. The first-order chi connectivity index (χ1) is 4.06. The maximum Gasteiger partial charge on any atom is 0.509 e.